The van der Waals surface area contributed by atoms with E-state index in [1.54, 1.807) is 6.20 Å². The lowest BCUT2D eigenvalue weighted by molar-refractivity contribution is 0.702. The summed E-state index contributed by atoms with van der Waals surface area (Å²) < 4.78 is 0. The van der Waals surface area contributed by atoms with Crippen LogP contribution < -0.4 is 0 Å². The summed E-state index contributed by atoms with van der Waals surface area (Å²) in [6.07, 6.45) is 4.21. The van der Waals surface area contributed by atoms with Gasteiger partial charge < -0.3 is 0 Å². The molecular formula is C9H11ClN2. The van der Waals surface area contributed by atoms with Gasteiger partial charge in [0.1, 0.15) is 5.82 Å². The first-order valence-electron chi connectivity index (χ1n) is 4.13. The van der Waals surface area contributed by atoms with E-state index in [1.807, 2.05) is 6.07 Å². The van der Waals surface area contributed by atoms with Gasteiger partial charge in [-0.2, -0.15) is 0 Å². The van der Waals surface area contributed by atoms with Gasteiger partial charge in [-0.3, -0.25) is 0 Å². The van der Waals surface area contributed by atoms with Crippen LogP contribution in [0.5, 0.6) is 0 Å². The van der Waals surface area contributed by atoms with Gasteiger partial charge in [0, 0.05) is 11.6 Å². The molecule has 0 aromatic carbocycles. The van der Waals surface area contributed by atoms with E-state index in [-0.39, 0.29) is 5.41 Å². The van der Waals surface area contributed by atoms with Crippen LogP contribution in [0.15, 0.2) is 12.3 Å². The Hall–Kier alpha value is -0.630. The van der Waals surface area contributed by atoms with Crippen LogP contribution in [-0.4, -0.2) is 9.97 Å². The molecule has 1 aromatic rings. The SMILES string of the molecule is CC1(c2nccc(CCl)n2)CC1. The highest BCUT2D eigenvalue weighted by Crippen LogP contribution is 2.45. The molecule has 0 amide bonds. The van der Waals surface area contributed by atoms with Crippen molar-refractivity contribution in [2.75, 3.05) is 0 Å². The first-order valence-corrected chi connectivity index (χ1v) is 4.66. The monoisotopic (exact) mass is 182 g/mol. The first-order chi connectivity index (χ1) is 5.74. The molecule has 0 saturated heterocycles. The summed E-state index contributed by atoms with van der Waals surface area (Å²) in [5.41, 5.74) is 1.18. The molecule has 0 unspecified atom stereocenters. The molecule has 0 aliphatic heterocycles. The van der Waals surface area contributed by atoms with E-state index in [4.69, 9.17) is 11.6 Å². The summed E-state index contributed by atoms with van der Waals surface area (Å²) in [5, 5.41) is 0. The van der Waals surface area contributed by atoms with E-state index in [2.05, 4.69) is 16.9 Å². The zero-order valence-corrected chi connectivity index (χ0v) is 7.80. The molecule has 1 saturated carbocycles. The van der Waals surface area contributed by atoms with Crippen LogP contribution in [0.3, 0.4) is 0 Å². The number of halogens is 1. The number of hydrogen-bond acceptors (Lipinski definition) is 2. The summed E-state index contributed by atoms with van der Waals surface area (Å²) in [6.45, 7) is 2.19. The number of aromatic nitrogens is 2. The topological polar surface area (TPSA) is 25.8 Å². The van der Waals surface area contributed by atoms with E-state index in [9.17, 15) is 0 Å². The molecular weight excluding hydrogens is 172 g/mol. The van der Waals surface area contributed by atoms with Gasteiger partial charge in [-0.1, -0.05) is 6.92 Å². The van der Waals surface area contributed by atoms with Crippen LogP contribution in [0.2, 0.25) is 0 Å². The fourth-order valence-corrected chi connectivity index (χ4v) is 1.32. The number of rotatable bonds is 2. The molecule has 0 N–H and O–H groups in total. The molecule has 0 bridgehead atoms. The molecule has 12 heavy (non-hydrogen) atoms. The van der Waals surface area contributed by atoms with Gasteiger partial charge in [-0.15, -0.1) is 11.6 Å². The minimum Gasteiger partial charge on any atom is -0.241 e. The van der Waals surface area contributed by atoms with Crippen molar-refractivity contribution in [2.45, 2.75) is 31.1 Å². The van der Waals surface area contributed by atoms with E-state index in [1.165, 1.54) is 12.8 Å². The van der Waals surface area contributed by atoms with Crippen molar-refractivity contribution >= 4 is 11.6 Å². The van der Waals surface area contributed by atoms with E-state index < -0.39 is 0 Å². The third kappa shape index (κ3) is 1.31. The van der Waals surface area contributed by atoms with Gasteiger partial charge in [0.15, 0.2) is 0 Å². The summed E-state index contributed by atoms with van der Waals surface area (Å²) in [4.78, 5) is 8.63. The van der Waals surface area contributed by atoms with Gasteiger partial charge in [0.25, 0.3) is 0 Å². The van der Waals surface area contributed by atoms with Crippen LogP contribution in [0, 0.1) is 0 Å². The van der Waals surface area contributed by atoms with Gasteiger partial charge >= 0.3 is 0 Å². The zero-order valence-electron chi connectivity index (χ0n) is 7.05. The lowest BCUT2D eigenvalue weighted by Crippen LogP contribution is -2.07. The van der Waals surface area contributed by atoms with Crippen LogP contribution in [0.4, 0.5) is 0 Å². The second-order valence-electron chi connectivity index (χ2n) is 3.57. The van der Waals surface area contributed by atoms with Crippen molar-refractivity contribution in [3.05, 3.63) is 23.8 Å². The van der Waals surface area contributed by atoms with Gasteiger partial charge in [-0.25, -0.2) is 9.97 Å². The molecule has 2 nitrogen and oxygen atoms in total. The Labute approximate surface area is 77.0 Å². The predicted octanol–water partition coefficient (Wildman–Crippen LogP) is 2.27. The molecule has 1 heterocycles. The predicted molar refractivity (Wildman–Crippen MR) is 48.2 cm³/mol. The third-order valence-electron chi connectivity index (χ3n) is 2.39. The highest BCUT2D eigenvalue weighted by Gasteiger charge is 2.41. The molecule has 1 aliphatic rings. The molecule has 1 fully saturated rings. The van der Waals surface area contributed by atoms with Crippen LogP contribution in [-0.2, 0) is 11.3 Å². The molecule has 1 aliphatic carbocycles. The van der Waals surface area contributed by atoms with E-state index in [0.29, 0.717) is 5.88 Å². The summed E-state index contributed by atoms with van der Waals surface area (Å²) in [7, 11) is 0. The third-order valence-corrected chi connectivity index (χ3v) is 2.66. The number of alkyl halides is 1. The van der Waals surface area contributed by atoms with Crippen LogP contribution in [0.1, 0.15) is 31.3 Å². The van der Waals surface area contributed by atoms with E-state index >= 15 is 0 Å². The van der Waals surface area contributed by atoms with Crippen molar-refractivity contribution in [3.63, 3.8) is 0 Å². The van der Waals surface area contributed by atoms with Crippen molar-refractivity contribution in [3.8, 4) is 0 Å². The average molecular weight is 183 g/mol. The smallest absolute Gasteiger partial charge is 0.134 e. The minimum atomic E-state index is 0.252. The summed E-state index contributed by atoms with van der Waals surface area (Å²) in [5.74, 6) is 1.44. The highest BCUT2D eigenvalue weighted by atomic mass is 35.5. The molecule has 1 aromatic heterocycles. The van der Waals surface area contributed by atoms with Crippen molar-refractivity contribution in [2.24, 2.45) is 0 Å². The van der Waals surface area contributed by atoms with Crippen molar-refractivity contribution < 1.29 is 0 Å². The standard InChI is InChI=1S/C9H11ClN2/c1-9(3-4-9)8-11-5-2-7(6-10)12-8/h2,5H,3-4,6H2,1H3. The maximum Gasteiger partial charge on any atom is 0.134 e. The Balaban J connectivity index is 2.32. The van der Waals surface area contributed by atoms with Crippen molar-refractivity contribution in [1.29, 1.82) is 0 Å². The fourth-order valence-electron chi connectivity index (χ4n) is 1.17. The van der Waals surface area contributed by atoms with Gasteiger partial charge in [0.05, 0.1) is 11.6 Å². The van der Waals surface area contributed by atoms with E-state index in [0.717, 1.165) is 11.5 Å². The van der Waals surface area contributed by atoms with Gasteiger partial charge in [0.2, 0.25) is 0 Å². The molecule has 0 radical (unpaired) electrons. The maximum atomic E-state index is 5.68. The van der Waals surface area contributed by atoms with Crippen LogP contribution >= 0.6 is 11.6 Å². The first kappa shape index (κ1) is 7.99. The van der Waals surface area contributed by atoms with Gasteiger partial charge in [-0.05, 0) is 18.9 Å². The summed E-state index contributed by atoms with van der Waals surface area (Å²) in [6, 6.07) is 1.86. The molecule has 3 heteroatoms. The Morgan fingerprint density at radius 3 is 2.92 bits per heavy atom. The average Bonchev–Trinajstić information content (AvgIpc) is 2.85. The normalized spacial score (nSPS) is 19.2. The maximum absolute atomic E-state index is 5.68. The Morgan fingerprint density at radius 2 is 2.33 bits per heavy atom. The second kappa shape index (κ2) is 2.70. The molecule has 64 valence electrons. The zero-order chi connectivity index (χ0) is 8.60. The molecule has 2 rings (SSSR count). The quantitative estimate of drug-likeness (QED) is 0.656. The highest BCUT2D eigenvalue weighted by molar-refractivity contribution is 6.16. The molecule has 0 spiro atoms. The fraction of sp³-hybridized carbons (Fsp3) is 0.556. The number of nitrogens with zero attached hydrogens (tertiary/aromatic N) is 2. The number of hydrogen-bond donors (Lipinski definition) is 0. The Bertz CT molecular complexity index is 294. The molecule has 0 atom stereocenters. The Morgan fingerprint density at radius 1 is 1.58 bits per heavy atom. The lowest BCUT2D eigenvalue weighted by atomic mass is 10.1. The largest absolute Gasteiger partial charge is 0.241 e. The lowest BCUT2D eigenvalue weighted by Gasteiger charge is -2.06. The van der Waals surface area contributed by atoms with Crippen LogP contribution in [0.25, 0.3) is 0 Å². The second-order valence-corrected chi connectivity index (χ2v) is 3.83. The summed E-state index contributed by atoms with van der Waals surface area (Å²) >= 11 is 5.68. The minimum absolute atomic E-state index is 0.252. The Kier molecular flexibility index (Phi) is 1.80. The van der Waals surface area contributed by atoms with Crippen molar-refractivity contribution in [1.82, 2.24) is 9.97 Å².